The summed E-state index contributed by atoms with van der Waals surface area (Å²) in [6.07, 6.45) is -1.36. The molecule has 1 aromatic heterocycles. The molecule has 1 atom stereocenters. The Morgan fingerprint density at radius 1 is 1.41 bits per heavy atom. The molecule has 0 N–H and O–H groups in total. The predicted octanol–water partition coefficient (Wildman–Crippen LogP) is 2.71. The molecule has 0 aliphatic carbocycles. The summed E-state index contributed by atoms with van der Waals surface area (Å²) in [6.45, 7) is -0.000676. The van der Waals surface area contributed by atoms with Crippen LogP contribution in [0.25, 0.3) is 11.3 Å². The van der Waals surface area contributed by atoms with Gasteiger partial charge in [0.25, 0.3) is 11.9 Å². The summed E-state index contributed by atoms with van der Waals surface area (Å²) in [5.74, 6) is 0.148. The Hall–Kier alpha value is -1.72. The van der Waals surface area contributed by atoms with Gasteiger partial charge in [0, 0.05) is 5.56 Å². The largest absolute Gasteiger partial charge is 0.498 e. The molecule has 0 radical (unpaired) electrons. The van der Waals surface area contributed by atoms with E-state index < -0.39 is 10.6 Å². The normalized spacial score (nSPS) is 13.4. The molecular weight excluding hydrogens is 347 g/mol. The Morgan fingerprint density at radius 3 is 2.59 bits per heavy atom. The summed E-state index contributed by atoms with van der Waals surface area (Å²) in [4.78, 5) is 11.6. The van der Waals surface area contributed by atoms with E-state index in [1.54, 1.807) is 18.2 Å². The van der Waals surface area contributed by atoms with Gasteiger partial charge >= 0.3 is 0 Å². The molecule has 1 heterocycles. The molecule has 114 valence electrons. The number of amides is 1. The maximum absolute atomic E-state index is 11.6. The number of nitrogens with zero attached hydrogens (tertiary/aromatic N) is 4. The summed E-state index contributed by atoms with van der Waals surface area (Å²) in [5, 5.41) is 21.0. The quantitative estimate of drug-likeness (QED) is 0.785. The van der Waals surface area contributed by atoms with E-state index in [-0.39, 0.29) is 24.5 Å². The lowest BCUT2D eigenvalue weighted by Gasteiger charge is -2.30. The maximum Gasteiger partial charge on any atom is 0.273 e. The van der Waals surface area contributed by atoms with E-state index in [1.807, 2.05) is 6.07 Å². The molecule has 2 rings (SSSR count). The van der Waals surface area contributed by atoms with Gasteiger partial charge in [-0.25, -0.2) is 4.48 Å². The van der Waals surface area contributed by atoms with E-state index >= 15 is 0 Å². The van der Waals surface area contributed by atoms with Gasteiger partial charge in [0.2, 0.25) is 0 Å². The number of nitriles is 1. The third-order valence-electron chi connectivity index (χ3n) is 3.21. The van der Waals surface area contributed by atoms with Crippen molar-refractivity contribution in [1.29, 1.82) is 5.26 Å². The highest BCUT2D eigenvalue weighted by Gasteiger charge is 2.35. The summed E-state index contributed by atoms with van der Waals surface area (Å²) >= 11 is 13.2. The van der Waals surface area contributed by atoms with Crippen LogP contribution >= 0.6 is 34.9 Å². The molecule has 1 unspecified atom stereocenters. The van der Waals surface area contributed by atoms with Crippen molar-refractivity contribution in [1.82, 2.24) is 13.2 Å². The van der Waals surface area contributed by atoms with Crippen LogP contribution in [0.15, 0.2) is 18.2 Å². The lowest BCUT2D eigenvalue weighted by Crippen LogP contribution is -2.58. The Labute approximate surface area is 141 Å². The highest BCUT2D eigenvalue weighted by molar-refractivity contribution is 6.99. The number of carboxylic acid groups (broad SMARTS) is 1. The van der Waals surface area contributed by atoms with Crippen LogP contribution in [0.5, 0.6) is 0 Å². The SMILES string of the molecule is C[N+](CCC#N)(C(=O)[O-])c1nsnc1-c1c(Cl)cccc1Cl. The van der Waals surface area contributed by atoms with Crippen molar-refractivity contribution in [3.05, 3.63) is 28.2 Å². The van der Waals surface area contributed by atoms with Crippen molar-refractivity contribution in [3.63, 3.8) is 0 Å². The van der Waals surface area contributed by atoms with Gasteiger partial charge in [-0.2, -0.15) is 9.64 Å². The van der Waals surface area contributed by atoms with E-state index in [2.05, 4.69) is 8.75 Å². The van der Waals surface area contributed by atoms with Crippen molar-refractivity contribution in [2.75, 3.05) is 13.6 Å². The smallest absolute Gasteiger partial charge is 0.273 e. The van der Waals surface area contributed by atoms with E-state index in [9.17, 15) is 9.90 Å². The minimum absolute atomic E-state index is 0.000676. The van der Waals surface area contributed by atoms with Crippen LogP contribution in [0.1, 0.15) is 6.42 Å². The van der Waals surface area contributed by atoms with Gasteiger partial charge in [-0.05, 0) is 12.1 Å². The topological polar surface area (TPSA) is 89.7 Å². The number of hydrogen-bond acceptors (Lipinski definition) is 6. The number of halogens is 2. The minimum Gasteiger partial charge on any atom is -0.498 e. The van der Waals surface area contributed by atoms with Gasteiger partial charge in [0.05, 0.1) is 41.3 Å². The van der Waals surface area contributed by atoms with Gasteiger partial charge in [-0.3, -0.25) is 0 Å². The maximum atomic E-state index is 11.6. The summed E-state index contributed by atoms with van der Waals surface area (Å²) in [7, 11) is 1.40. The predicted molar refractivity (Wildman–Crippen MR) is 83.6 cm³/mol. The third kappa shape index (κ3) is 2.91. The highest BCUT2D eigenvalue weighted by atomic mass is 35.5. The molecule has 6 nitrogen and oxygen atoms in total. The first kappa shape index (κ1) is 16.6. The van der Waals surface area contributed by atoms with Crippen molar-refractivity contribution >= 4 is 46.8 Å². The standard InChI is InChI=1S/C13H10Cl2N4O2S/c1-19(13(20)21,7-3-6-16)12-11(17-22-18-12)10-8(14)4-2-5-9(10)15/h2,4-5H,3,7H2,1H3. The van der Waals surface area contributed by atoms with Gasteiger partial charge in [0.1, 0.15) is 6.54 Å². The van der Waals surface area contributed by atoms with Crippen LogP contribution in [-0.2, 0) is 0 Å². The first-order valence-electron chi connectivity index (χ1n) is 6.13. The zero-order chi connectivity index (χ0) is 16.3. The van der Waals surface area contributed by atoms with Crippen molar-refractivity contribution in [3.8, 4) is 17.3 Å². The molecule has 0 fully saturated rings. The molecule has 0 spiro atoms. The molecule has 0 bridgehead atoms. The number of quaternary nitrogens is 1. The Kier molecular flexibility index (Phi) is 4.98. The first-order valence-corrected chi connectivity index (χ1v) is 7.62. The first-order chi connectivity index (χ1) is 10.4. The monoisotopic (exact) mass is 356 g/mol. The molecule has 1 amide bonds. The lowest BCUT2D eigenvalue weighted by atomic mass is 10.1. The number of aromatic nitrogens is 2. The van der Waals surface area contributed by atoms with Gasteiger partial charge in [0.15, 0.2) is 5.69 Å². The second kappa shape index (κ2) is 6.58. The van der Waals surface area contributed by atoms with Gasteiger partial charge in [-0.1, -0.05) is 29.3 Å². The molecular formula is C13H10Cl2N4O2S. The molecule has 22 heavy (non-hydrogen) atoms. The number of carbonyl (C=O) groups excluding carboxylic acids is 1. The van der Waals surface area contributed by atoms with E-state index in [0.29, 0.717) is 15.6 Å². The van der Waals surface area contributed by atoms with Crippen LogP contribution in [0.2, 0.25) is 10.0 Å². The number of benzene rings is 1. The van der Waals surface area contributed by atoms with Crippen LogP contribution in [0.3, 0.4) is 0 Å². The van der Waals surface area contributed by atoms with Crippen LogP contribution in [0, 0.1) is 11.3 Å². The second-order valence-corrected chi connectivity index (χ2v) is 5.97. The average Bonchev–Trinajstić information content (AvgIpc) is 2.94. The fourth-order valence-corrected chi connectivity index (χ4v) is 3.16. The van der Waals surface area contributed by atoms with Crippen molar-refractivity contribution < 1.29 is 9.90 Å². The van der Waals surface area contributed by atoms with E-state index in [0.717, 1.165) is 11.7 Å². The molecule has 0 saturated heterocycles. The number of hydrogen-bond donors (Lipinski definition) is 0. The van der Waals surface area contributed by atoms with Crippen molar-refractivity contribution in [2.45, 2.75) is 6.42 Å². The Morgan fingerprint density at radius 2 is 2.05 bits per heavy atom. The lowest BCUT2D eigenvalue weighted by molar-refractivity contribution is -0.262. The molecule has 0 aliphatic heterocycles. The average molecular weight is 357 g/mol. The van der Waals surface area contributed by atoms with Crippen molar-refractivity contribution in [2.24, 2.45) is 0 Å². The molecule has 0 aliphatic rings. The zero-order valence-corrected chi connectivity index (χ0v) is 13.7. The second-order valence-electron chi connectivity index (χ2n) is 4.62. The Bertz CT molecular complexity index is 738. The molecule has 9 heteroatoms. The minimum atomic E-state index is -1.38. The van der Waals surface area contributed by atoms with E-state index in [4.69, 9.17) is 28.5 Å². The Balaban J connectivity index is 2.62. The van der Waals surface area contributed by atoms with Crippen LogP contribution in [0.4, 0.5) is 10.6 Å². The molecule has 2 aromatic rings. The van der Waals surface area contributed by atoms with Crippen LogP contribution in [-0.4, -0.2) is 28.4 Å². The number of carbonyl (C=O) groups is 1. The summed E-state index contributed by atoms with van der Waals surface area (Å²) in [6, 6.07) is 6.85. The molecule has 0 saturated carbocycles. The van der Waals surface area contributed by atoms with Gasteiger partial charge in [-0.15, -0.1) is 4.37 Å². The highest BCUT2D eigenvalue weighted by Crippen LogP contribution is 2.40. The summed E-state index contributed by atoms with van der Waals surface area (Å²) < 4.78 is 7.53. The van der Waals surface area contributed by atoms with Gasteiger partial charge < -0.3 is 9.90 Å². The van der Waals surface area contributed by atoms with Crippen LogP contribution < -0.4 is 9.59 Å². The zero-order valence-electron chi connectivity index (χ0n) is 11.4. The molecule has 1 aromatic carbocycles. The fraction of sp³-hybridized carbons (Fsp3) is 0.231. The number of rotatable bonds is 4. The summed E-state index contributed by atoms with van der Waals surface area (Å²) in [5.41, 5.74) is 0.697. The third-order valence-corrected chi connectivity index (χ3v) is 4.36. The fourth-order valence-electron chi connectivity index (χ4n) is 1.95. The van der Waals surface area contributed by atoms with E-state index in [1.165, 1.54) is 7.05 Å².